The Kier molecular flexibility index (Phi) is 4.08. The highest BCUT2D eigenvalue weighted by Gasteiger charge is 2.41. The minimum atomic E-state index is -0.600. The third-order valence-corrected chi connectivity index (χ3v) is 5.18. The molecule has 1 heterocycles. The summed E-state index contributed by atoms with van der Waals surface area (Å²) < 4.78 is 13.9. The smallest absolute Gasteiger partial charge is 0.258 e. The Morgan fingerprint density at radius 2 is 2.09 bits per heavy atom. The molecule has 2 amide bonds. The maximum Gasteiger partial charge on any atom is 0.258 e. The third-order valence-electron chi connectivity index (χ3n) is 4.87. The summed E-state index contributed by atoms with van der Waals surface area (Å²) in [5.74, 6) is -0.213. The number of benzene rings is 1. The molecule has 1 aliphatic heterocycles. The van der Waals surface area contributed by atoms with E-state index in [9.17, 15) is 14.0 Å². The fourth-order valence-electron chi connectivity index (χ4n) is 3.60. The Bertz CT molecular complexity index is 602. The van der Waals surface area contributed by atoms with Crippen molar-refractivity contribution in [1.29, 1.82) is 0 Å². The van der Waals surface area contributed by atoms with Crippen LogP contribution in [0.5, 0.6) is 0 Å². The van der Waals surface area contributed by atoms with Crippen molar-refractivity contribution in [1.82, 2.24) is 10.2 Å². The van der Waals surface area contributed by atoms with Crippen LogP contribution >= 0.6 is 11.6 Å². The summed E-state index contributed by atoms with van der Waals surface area (Å²) in [6.07, 6.45) is 2.13. The summed E-state index contributed by atoms with van der Waals surface area (Å²) >= 11 is 5.97. The first-order valence-electron chi connectivity index (χ1n) is 7.45. The lowest BCUT2D eigenvalue weighted by molar-refractivity contribution is -0.124. The van der Waals surface area contributed by atoms with E-state index in [1.54, 1.807) is 11.9 Å². The van der Waals surface area contributed by atoms with Crippen LogP contribution in [0.4, 0.5) is 4.39 Å². The van der Waals surface area contributed by atoms with E-state index in [1.807, 2.05) is 0 Å². The maximum absolute atomic E-state index is 13.9. The lowest BCUT2D eigenvalue weighted by Crippen LogP contribution is -2.38. The number of nitrogens with zero attached hydrogens (tertiary/aromatic N) is 1. The van der Waals surface area contributed by atoms with Gasteiger partial charge < -0.3 is 10.2 Å². The molecular weight excluding hydrogens is 307 g/mol. The van der Waals surface area contributed by atoms with Gasteiger partial charge in [0.25, 0.3) is 5.91 Å². The summed E-state index contributed by atoms with van der Waals surface area (Å²) in [4.78, 5) is 25.6. The van der Waals surface area contributed by atoms with Crippen LogP contribution in [0.25, 0.3) is 0 Å². The van der Waals surface area contributed by atoms with Crippen molar-refractivity contribution in [2.24, 2.45) is 11.8 Å². The molecule has 2 fully saturated rings. The predicted octanol–water partition coefficient (Wildman–Crippen LogP) is 2.47. The monoisotopic (exact) mass is 324 g/mol. The van der Waals surface area contributed by atoms with E-state index in [0.717, 1.165) is 12.8 Å². The first-order valence-corrected chi connectivity index (χ1v) is 7.83. The SMILES string of the molecule is CN(C(=O)c1c(F)cccc1Cl)[C@H]1C[C@H]2CC(=O)NC[C@H]2C1. The molecule has 1 N–H and O–H groups in total. The van der Waals surface area contributed by atoms with Crippen molar-refractivity contribution < 1.29 is 14.0 Å². The van der Waals surface area contributed by atoms with Crippen LogP contribution in [0.15, 0.2) is 18.2 Å². The average Bonchev–Trinajstić information content (AvgIpc) is 2.89. The summed E-state index contributed by atoms with van der Waals surface area (Å²) in [7, 11) is 1.68. The van der Waals surface area contributed by atoms with Gasteiger partial charge in [0.2, 0.25) is 5.91 Å². The molecule has 0 spiro atoms. The Morgan fingerprint density at radius 3 is 2.82 bits per heavy atom. The maximum atomic E-state index is 13.9. The molecule has 1 saturated heterocycles. The molecule has 0 unspecified atom stereocenters. The Hall–Kier alpha value is -1.62. The van der Waals surface area contributed by atoms with Crippen LogP contribution in [0.2, 0.25) is 5.02 Å². The van der Waals surface area contributed by atoms with E-state index in [2.05, 4.69) is 5.32 Å². The van der Waals surface area contributed by atoms with Gasteiger partial charge >= 0.3 is 0 Å². The van der Waals surface area contributed by atoms with E-state index in [-0.39, 0.29) is 22.5 Å². The molecule has 118 valence electrons. The predicted molar refractivity (Wildman–Crippen MR) is 81.1 cm³/mol. The van der Waals surface area contributed by atoms with Gasteiger partial charge in [-0.1, -0.05) is 17.7 Å². The third kappa shape index (κ3) is 2.70. The van der Waals surface area contributed by atoms with Crippen LogP contribution in [-0.2, 0) is 4.79 Å². The van der Waals surface area contributed by atoms with Gasteiger partial charge in [0.1, 0.15) is 5.82 Å². The Balaban J connectivity index is 1.76. The molecule has 1 saturated carbocycles. The molecule has 0 bridgehead atoms. The number of fused-ring (bicyclic) bond motifs is 1. The fourth-order valence-corrected chi connectivity index (χ4v) is 3.84. The molecule has 1 aromatic carbocycles. The molecule has 3 rings (SSSR count). The van der Waals surface area contributed by atoms with Crippen molar-refractivity contribution in [2.75, 3.05) is 13.6 Å². The molecule has 1 aromatic rings. The van der Waals surface area contributed by atoms with E-state index in [4.69, 9.17) is 11.6 Å². The van der Waals surface area contributed by atoms with Crippen LogP contribution in [0, 0.1) is 17.7 Å². The zero-order valence-electron chi connectivity index (χ0n) is 12.3. The number of hydrogen-bond acceptors (Lipinski definition) is 2. The molecule has 0 aromatic heterocycles. The molecule has 3 atom stereocenters. The standard InChI is InChI=1S/C16H18ClFN2O2/c1-20(16(22)15-12(17)3-2-4-13(15)18)11-5-9-7-14(21)19-8-10(9)6-11/h2-4,9-11H,5-8H2,1H3,(H,19,21)/t9-,10+,11-/m0/s1. The highest BCUT2D eigenvalue weighted by molar-refractivity contribution is 6.33. The number of piperidine rings is 1. The van der Waals surface area contributed by atoms with Gasteiger partial charge in [0.15, 0.2) is 0 Å². The van der Waals surface area contributed by atoms with Crippen LogP contribution < -0.4 is 5.32 Å². The first kappa shape index (κ1) is 15.3. The van der Waals surface area contributed by atoms with Crippen molar-refractivity contribution in [3.8, 4) is 0 Å². The van der Waals surface area contributed by atoms with Gasteiger partial charge in [-0.3, -0.25) is 9.59 Å². The number of halogens is 2. The second-order valence-corrected chi connectivity index (χ2v) is 6.57. The largest absolute Gasteiger partial charge is 0.356 e. The second kappa shape index (κ2) is 5.88. The molecule has 2 aliphatic rings. The lowest BCUT2D eigenvalue weighted by Gasteiger charge is -2.25. The topological polar surface area (TPSA) is 49.4 Å². The van der Waals surface area contributed by atoms with Gasteiger partial charge in [0, 0.05) is 26.1 Å². The van der Waals surface area contributed by atoms with Crippen molar-refractivity contribution in [3.63, 3.8) is 0 Å². The molecule has 0 radical (unpaired) electrons. The minimum Gasteiger partial charge on any atom is -0.356 e. The normalized spacial score (nSPS) is 27.2. The Labute approximate surface area is 133 Å². The zero-order valence-corrected chi connectivity index (χ0v) is 13.1. The molecule has 22 heavy (non-hydrogen) atoms. The average molecular weight is 325 g/mol. The van der Waals surface area contributed by atoms with Gasteiger partial charge in [0.05, 0.1) is 10.6 Å². The van der Waals surface area contributed by atoms with Crippen molar-refractivity contribution in [2.45, 2.75) is 25.3 Å². The fraction of sp³-hybridized carbons (Fsp3) is 0.500. The lowest BCUT2D eigenvalue weighted by atomic mass is 9.89. The second-order valence-electron chi connectivity index (χ2n) is 6.17. The van der Waals surface area contributed by atoms with Gasteiger partial charge in [-0.2, -0.15) is 0 Å². The quantitative estimate of drug-likeness (QED) is 0.908. The number of nitrogens with one attached hydrogen (secondary N) is 1. The summed E-state index contributed by atoms with van der Waals surface area (Å²) in [6, 6.07) is 4.26. The Morgan fingerprint density at radius 1 is 1.36 bits per heavy atom. The first-order chi connectivity index (χ1) is 10.5. The van der Waals surface area contributed by atoms with Crippen LogP contribution in [-0.4, -0.2) is 36.3 Å². The van der Waals surface area contributed by atoms with Gasteiger partial charge in [-0.05, 0) is 36.8 Å². The summed E-state index contributed by atoms with van der Waals surface area (Å²) in [5.41, 5.74) is -0.0734. The highest BCUT2D eigenvalue weighted by atomic mass is 35.5. The number of amides is 2. The summed E-state index contributed by atoms with van der Waals surface area (Å²) in [5, 5.41) is 3.00. The molecule has 6 heteroatoms. The van der Waals surface area contributed by atoms with E-state index < -0.39 is 11.7 Å². The van der Waals surface area contributed by atoms with Gasteiger partial charge in [-0.15, -0.1) is 0 Å². The van der Waals surface area contributed by atoms with Crippen LogP contribution in [0.3, 0.4) is 0 Å². The highest BCUT2D eigenvalue weighted by Crippen LogP contribution is 2.38. The molecular formula is C16H18ClFN2O2. The summed E-state index contributed by atoms with van der Waals surface area (Å²) in [6.45, 7) is 0.669. The minimum absolute atomic E-state index is 0.0193. The van der Waals surface area contributed by atoms with E-state index in [1.165, 1.54) is 18.2 Å². The molecule has 4 nitrogen and oxygen atoms in total. The number of carbonyl (C=O) groups is 2. The number of rotatable bonds is 2. The van der Waals surface area contributed by atoms with Gasteiger partial charge in [-0.25, -0.2) is 4.39 Å². The van der Waals surface area contributed by atoms with Crippen molar-refractivity contribution in [3.05, 3.63) is 34.6 Å². The number of carbonyl (C=O) groups excluding carboxylic acids is 2. The zero-order chi connectivity index (χ0) is 15.9. The van der Waals surface area contributed by atoms with E-state index in [0.29, 0.717) is 24.8 Å². The number of hydrogen-bond donors (Lipinski definition) is 1. The molecule has 1 aliphatic carbocycles. The van der Waals surface area contributed by atoms with Crippen LogP contribution in [0.1, 0.15) is 29.6 Å². The van der Waals surface area contributed by atoms with Crippen molar-refractivity contribution >= 4 is 23.4 Å². The van der Waals surface area contributed by atoms with E-state index >= 15 is 0 Å².